The van der Waals surface area contributed by atoms with E-state index in [1.54, 1.807) is 0 Å². The molecule has 0 spiro atoms. The molecule has 0 saturated carbocycles. The predicted molar refractivity (Wildman–Crippen MR) is 73.7 cm³/mol. The summed E-state index contributed by atoms with van der Waals surface area (Å²) >= 11 is 5.96. The minimum absolute atomic E-state index is 0.0808. The Bertz CT molecular complexity index is 489. The minimum atomic E-state index is -0.794. The zero-order chi connectivity index (χ0) is 14.4. The van der Waals surface area contributed by atoms with Gasteiger partial charge in [0.1, 0.15) is 0 Å². The van der Waals surface area contributed by atoms with Crippen LogP contribution in [0.3, 0.4) is 0 Å². The third-order valence-corrected chi connectivity index (χ3v) is 3.98. The van der Waals surface area contributed by atoms with Gasteiger partial charge in [-0.15, -0.1) is 0 Å². The van der Waals surface area contributed by atoms with E-state index in [2.05, 4.69) is 0 Å². The maximum atomic E-state index is 14.3. The molecular formula is C13H17BClFO3. The summed E-state index contributed by atoms with van der Waals surface area (Å²) in [5.74, 6) is -0.428. The van der Waals surface area contributed by atoms with Gasteiger partial charge >= 0.3 is 7.12 Å². The van der Waals surface area contributed by atoms with E-state index in [9.17, 15) is 4.39 Å². The molecule has 0 aromatic heterocycles. The van der Waals surface area contributed by atoms with E-state index < -0.39 is 24.1 Å². The van der Waals surface area contributed by atoms with Crippen LogP contribution < -0.4 is 10.2 Å². The predicted octanol–water partition coefficient (Wildman–Crippen LogP) is 2.79. The average Bonchev–Trinajstić information content (AvgIpc) is 2.50. The van der Waals surface area contributed by atoms with E-state index in [0.717, 1.165) is 0 Å². The Morgan fingerprint density at radius 1 is 1.16 bits per heavy atom. The van der Waals surface area contributed by atoms with Gasteiger partial charge in [-0.1, -0.05) is 11.6 Å². The van der Waals surface area contributed by atoms with Gasteiger partial charge in [0.05, 0.1) is 18.3 Å². The van der Waals surface area contributed by atoms with Crippen LogP contribution in [0, 0.1) is 5.82 Å². The smallest absolute Gasteiger partial charge is 0.494 e. The van der Waals surface area contributed by atoms with Crippen LogP contribution in [0.4, 0.5) is 4.39 Å². The molecule has 1 heterocycles. The molecule has 104 valence electrons. The normalized spacial score (nSPS) is 20.7. The van der Waals surface area contributed by atoms with Crippen molar-refractivity contribution in [2.24, 2.45) is 0 Å². The zero-order valence-electron chi connectivity index (χ0n) is 11.7. The van der Waals surface area contributed by atoms with Crippen LogP contribution in [-0.4, -0.2) is 25.4 Å². The van der Waals surface area contributed by atoms with Gasteiger partial charge in [0.2, 0.25) is 0 Å². The Labute approximate surface area is 118 Å². The molecule has 0 aliphatic carbocycles. The first-order valence-electron chi connectivity index (χ1n) is 6.06. The number of hydrogen-bond acceptors (Lipinski definition) is 3. The SMILES string of the molecule is COc1cc(Cl)cc(B2OC(C)(C)C(C)(C)O2)c1F. The molecule has 1 aromatic carbocycles. The summed E-state index contributed by atoms with van der Waals surface area (Å²) in [6.45, 7) is 7.64. The van der Waals surface area contributed by atoms with Crippen LogP contribution in [0.15, 0.2) is 12.1 Å². The van der Waals surface area contributed by atoms with Crippen molar-refractivity contribution in [2.45, 2.75) is 38.9 Å². The van der Waals surface area contributed by atoms with Gasteiger partial charge in [-0.3, -0.25) is 0 Å². The van der Waals surface area contributed by atoms with E-state index in [1.165, 1.54) is 19.2 Å². The topological polar surface area (TPSA) is 27.7 Å². The van der Waals surface area contributed by atoms with Crippen molar-refractivity contribution in [1.82, 2.24) is 0 Å². The maximum absolute atomic E-state index is 14.3. The number of methoxy groups -OCH3 is 1. The molecule has 0 radical (unpaired) electrons. The molecule has 0 atom stereocenters. The molecule has 1 fully saturated rings. The molecule has 0 N–H and O–H groups in total. The first kappa shape index (κ1) is 14.6. The van der Waals surface area contributed by atoms with Crippen molar-refractivity contribution < 1.29 is 18.4 Å². The van der Waals surface area contributed by atoms with E-state index in [0.29, 0.717) is 5.02 Å². The van der Waals surface area contributed by atoms with Gasteiger partial charge in [-0.05, 0) is 33.8 Å². The van der Waals surface area contributed by atoms with Gasteiger partial charge in [-0.25, -0.2) is 4.39 Å². The highest BCUT2D eigenvalue weighted by Crippen LogP contribution is 2.37. The van der Waals surface area contributed by atoms with Gasteiger partial charge in [0.15, 0.2) is 11.6 Å². The van der Waals surface area contributed by atoms with Crippen LogP contribution in [0.2, 0.25) is 5.02 Å². The lowest BCUT2D eigenvalue weighted by atomic mass is 9.78. The fourth-order valence-corrected chi connectivity index (χ4v) is 2.09. The van der Waals surface area contributed by atoms with E-state index >= 15 is 0 Å². The Kier molecular flexibility index (Phi) is 3.58. The van der Waals surface area contributed by atoms with Crippen LogP contribution in [0.1, 0.15) is 27.7 Å². The quantitative estimate of drug-likeness (QED) is 0.783. The molecular weight excluding hydrogens is 269 g/mol. The second-order valence-corrected chi connectivity index (χ2v) is 6.04. The van der Waals surface area contributed by atoms with Gasteiger partial charge in [0.25, 0.3) is 0 Å². The lowest BCUT2D eigenvalue weighted by molar-refractivity contribution is 0.00578. The Hall–Kier alpha value is -0.775. The molecule has 1 aromatic rings. The first-order chi connectivity index (χ1) is 8.68. The second kappa shape index (κ2) is 4.65. The molecule has 1 aliphatic rings. The Morgan fingerprint density at radius 2 is 1.68 bits per heavy atom. The third-order valence-electron chi connectivity index (χ3n) is 3.76. The standard InChI is InChI=1S/C13H17BClFO3/c1-12(2)13(3,4)19-14(18-12)9-6-8(15)7-10(17-5)11(9)16/h6-7H,1-5H3. The van der Waals surface area contributed by atoms with Gasteiger partial charge < -0.3 is 14.0 Å². The van der Waals surface area contributed by atoms with Crippen molar-refractivity contribution in [2.75, 3.05) is 7.11 Å². The number of ether oxygens (including phenoxy) is 1. The fourth-order valence-electron chi connectivity index (χ4n) is 1.87. The van der Waals surface area contributed by atoms with Crippen LogP contribution in [0.25, 0.3) is 0 Å². The zero-order valence-corrected chi connectivity index (χ0v) is 12.5. The summed E-state index contributed by atoms with van der Waals surface area (Å²) in [5, 5.41) is 0.378. The first-order valence-corrected chi connectivity index (χ1v) is 6.44. The molecule has 2 rings (SSSR count). The molecule has 1 aliphatic heterocycles. The van der Waals surface area contributed by atoms with Gasteiger partial charge in [0, 0.05) is 16.6 Å². The maximum Gasteiger partial charge on any atom is 0.498 e. The van der Waals surface area contributed by atoms with E-state index in [-0.39, 0.29) is 11.2 Å². The summed E-state index contributed by atoms with van der Waals surface area (Å²) in [4.78, 5) is 0. The number of rotatable bonds is 2. The molecule has 6 heteroatoms. The van der Waals surface area contributed by atoms with Crippen LogP contribution in [0.5, 0.6) is 5.75 Å². The minimum Gasteiger partial charge on any atom is -0.494 e. The van der Waals surface area contributed by atoms with Crippen molar-refractivity contribution in [3.05, 3.63) is 23.0 Å². The van der Waals surface area contributed by atoms with Gasteiger partial charge in [-0.2, -0.15) is 0 Å². The molecule has 1 saturated heterocycles. The molecule has 3 nitrogen and oxygen atoms in total. The highest BCUT2D eigenvalue weighted by atomic mass is 35.5. The van der Waals surface area contributed by atoms with Crippen molar-refractivity contribution in [1.29, 1.82) is 0 Å². The number of hydrogen-bond donors (Lipinski definition) is 0. The van der Waals surface area contributed by atoms with Crippen LogP contribution >= 0.6 is 11.6 Å². The molecule has 0 bridgehead atoms. The molecule has 0 unspecified atom stereocenters. The fraction of sp³-hybridized carbons (Fsp3) is 0.538. The molecule has 19 heavy (non-hydrogen) atoms. The van der Waals surface area contributed by atoms with Crippen molar-refractivity contribution >= 4 is 24.2 Å². The number of halogens is 2. The highest BCUT2D eigenvalue weighted by molar-refractivity contribution is 6.62. The average molecular weight is 287 g/mol. The summed E-state index contributed by atoms with van der Waals surface area (Å²) < 4.78 is 30.8. The summed E-state index contributed by atoms with van der Waals surface area (Å²) in [5.41, 5.74) is -0.803. The summed E-state index contributed by atoms with van der Waals surface area (Å²) in [6, 6.07) is 2.92. The lowest BCUT2D eigenvalue weighted by Crippen LogP contribution is -2.41. The van der Waals surface area contributed by atoms with E-state index in [1.807, 2.05) is 27.7 Å². The Balaban J connectivity index is 2.42. The summed E-state index contributed by atoms with van der Waals surface area (Å²) in [6.07, 6.45) is 0. The second-order valence-electron chi connectivity index (χ2n) is 5.60. The van der Waals surface area contributed by atoms with E-state index in [4.69, 9.17) is 25.6 Å². The monoisotopic (exact) mass is 286 g/mol. The highest BCUT2D eigenvalue weighted by Gasteiger charge is 2.52. The molecule has 0 amide bonds. The van der Waals surface area contributed by atoms with Crippen molar-refractivity contribution in [3.63, 3.8) is 0 Å². The Morgan fingerprint density at radius 3 is 2.16 bits per heavy atom. The third kappa shape index (κ3) is 2.47. The number of benzene rings is 1. The lowest BCUT2D eigenvalue weighted by Gasteiger charge is -2.32. The summed E-state index contributed by atoms with van der Waals surface area (Å²) in [7, 11) is 0.598. The largest absolute Gasteiger partial charge is 0.498 e. The van der Waals surface area contributed by atoms with Crippen LogP contribution in [-0.2, 0) is 9.31 Å². The van der Waals surface area contributed by atoms with Crippen molar-refractivity contribution in [3.8, 4) is 5.75 Å².